The second-order valence-corrected chi connectivity index (χ2v) is 3.43. The smallest absolute Gasteiger partial charge is 0.228 e. The van der Waals surface area contributed by atoms with Gasteiger partial charge in [-0.2, -0.15) is 0 Å². The van der Waals surface area contributed by atoms with E-state index in [1.54, 1.807) is 12.1 Å². The predicted molar refractivity (Wildman–Crippen MR) is 49.6 cm³/mol. The lowest BCUT2D eigenvalue weighted by atomic mass is 10.1. The fraction of sp³-hybridized carbons (Fsp3) is 0.250. The maximum absolute atomic E-state index is 10.2. The van der Waals surface area contributed by atoms with Crippen molar-refractivity contribution in [3.05, 3.63) is 43.9 Å². The molecule has 0 spiro atoms. The quantitative estimate of drug-likeness (QED) is 0.578. The van der Waals surface area contributed by atoms with Crippen LogP contribution < -0.4 is 0 Å². The van der Waals surface area contributed by atoms with E-state index in [1.807, 2.05) is 13.0 Å². The number of nitro groups is 1. The first kappa shape index (κ1) is 9.19. The van der Waals surface area contributed by atoms with Crippen molar-refractivity contribution in [1.82, 2.24) is 0 Å². The summed E-state index contributed by atoms with van der Waals surface area (Å²) in [5.41, 5.74) is 1.81. The van der Waals surface area contributed by atoms with Gasteiger partial charge in [0, 0.05) is 15.0 Å². The zero-order valence-electron chi connectivity index (χ0n) is 6.58. The largest absolute Gasteiger partial charge is 0.264 e. The molecular weight excluding hydrogens is 222 g/mol. The van der Waals surface area contributed by atoms with E-state index < -0.39 is 0 Å². The van der Waals surface area contributed by atoms with E-state index in [2.05, 4.69) is 15.9 Å². The SMILES string of the molecule is Cc1ccc(C[N+](=O)[O-])cc1Br. The van der Waals surface area contributed by atoms with Crippen LogP contribution in [0.1, 0.15) is 11.1 Å². The summed E-state index contributed by atoms with van der Waals surface area (Å²) in [5, 5.41) is 10.2. The maximum atomic E-state index is 10.2. The second kappa shape index (κ2) is 3.67. The molecule has 4 heteroatoms. The molecular formula is C8H8BrNO2. The molecule has 0 aliphatic rings. The molecule has 1 aromatic carbocycles. The maximum Gasteiger partial charge on any atom is 0.228 e. The van der Waals surface area contributed by atoms with Crippen LogP contribution in [0, 0.1) is 17.0 Å². The predicted octanol–water partition coefficient (Wildman–Crippen LogP) is 2.53. The van der Waals surface area contributed by atoms with Gasteiger partial charge in [-0.05, 0) is 18.6 Å². The molecule has 0 fully saturated rings. The van der Waals surface area contributed by atoms with E-state index in [-0.39, 0.29) is 11.5 Å². The number of halogens is 1. The Labute approximate surface area is 78.7 Å². The highest BCUT2D eigenvalue weighted by atomic mass is 79.9. The van der Waals surface area contributed by atoms with Crippen molar-refractivity contribution in [1.29, 1.82) is 0 Å². The average molecular weight is 230 g/mol. The number of benzene rings is 1. The topological polar surface area (TPSA) is 43.1 Å². The minimum Gasteiger partial charge on any atom is -0.264 e. The van der Waals surface area contributed by atoms with Gasteiger partial charge in [0.2, 0.25) is 6.54 Å². The van der Waals surface area contributed by atoms with Crippen molar-refractivity contribution in [3.63, 3.8) is 0 Å². The summed E-state index contributed by atoms with van der Waals surface area (Å²) < 4.78 is 0.918. The average Bonchev–Trinajstić information content (AvgIpc) is 1.96. The molecule has 0 amide bonds. The van der Waals surface area contributed by atoms with Crippen molar-refractivity contribution in [3.8, 4) is 0 Å². The highest BCUT2D eigenvalue weighted by molar-refractivity contribution is 9.10. The molecule has 3 nitrogen and oxygen atoms in total. The van der Waals surface area contributed by atoms with Gasteiger partial charge < -0.3 is 0 Å². The van der Waals surface area contributed by atoms with Crippen molar-refractivity contribution >= 4 is 15.9 Å². The van der Waals surface area contributed by atoms with Crippen LogP contribution in [0.15, 0.2) is 22.7 Å². The Morgan fingerprint density at radius 1 is 1.58 bits per heavy atom. The monoisotopic (exact) mass is 229 g/mol. The van der Waals surface area contributed by atoms with Gasteiger partial charge in [0.05, 0.1) is 0 Å². The van der Waals surface area contributed by atoms with Gasteiger partial charge in [0.15, 0.2) is 0 Å². The van der Waals surface area contributed by atoms with E-state index in [1.165, 1.54) is 0 Å². The standard InChI is InChI=1S/C8H8BrNO2/c1-6-2-3-7(4-8(6)9)5-10(11)12/h2-4H,5H2,1H3. The van der Waals surface area contributed by atoms with Crippen molar-refractivity contribution in [2.45, 2.75) is 13.5 Å². The summed E-state index contributed by atoms with van der Waals surface area (Å²) >= 11 is 3.31. The number of hydrogen-bond donors (Lipinski definition) is 0. The first-order valence-electron chi connectivity index (χ1n) is 3.46. The molecule has 0 radical (unpaired) electrons. The fourth-order valence-electron chi connectivity index (χ4n) is 0.884. The van der Waals surface area contributed by atoms with Crippen LogP contribution in [0.2, 0.25) is 0 Å². The summed E-state index contributed by atoms with van der Waals surface area (Å²) in [6.45, 7) is 1.83. The number of nitrogens with zero attached hydrogens (tertiary/aromatic N) is 1. The van der Waals surface area contributed by atoms with Gasteiger partial charge in [-0.15, -0.1) is 0 Å². The van der Waals surface area contributed by atoms with Crippen LogP contribution in [0.3, 0.4) is 0 Å². The zero-order valence-corrected chi connectivity index (χ0v) is 8.17. The van der Waals surface area contributed by atoms with Gasteiger partial charge in [0.1, 0.15) is 0 Å². The Morgan fingerprint density at radius 2 is 2.25 bits per heavy atom. The fourth-order valence-corrected chi connectivity index (χ4v) is 1.31. The van der Waals surface area contributed by atoms with E-state index in [0.29, 0.717) is 0 Å². The zero-order chi connectivity index (χ0) is 9.14. The Hall–Kier alpha value is -0.900. The molecule has 0 N–H and O–H groups in total. The van der Waals surface area contributed by atoms with Crippen molar-refractivity contribution in [2.24, 2.45) is 0 Å². The minimum absolute atomic E-state index is 0.112. The summed E-state index contributed by atoms with van der Waals surface area (Å²) in [7, 11) is 0. The van der Waals surface area contributed by atoms with Gasteiger partial charge in [-0.25, -0.2) is 0 Å². The van der Waals surface area contributed by atoms with Crippen LogP contribution in [0.25, 0.3) is 0 Å². The van der Waals surface area contributed by atoms with E-state index in [0.717, 1.165) is 15.6 Å². The molecule has 0 atom stereocenters. The Kier molecular flexibility index (Phi) is 2.81. The summed E-state index contributed by atoms with van der Waals surface area (Å²) in [5.74, 6) is 0. The van der Waals surface area contributed by atoms with Crippen LogP contribution >= 0.6 is 15.9 Å². The van der Waals surface area contributed by atoms with Gasteiger partial charge >= 0.3 is 0 Å². The Morgan fingerprint density at radius 3 is 2.75 bits per heavy atom. The lowest BCUT2D eigenvalue weighted by Gasteiger charge is -1.99. The van der Waals surface area contributed by atoms with Crippen LogP contribution in [-0.2, 0) is 6.54 Å². The summed E-state index contributed by atoms with van der Waals surface area (Å²) in [4.78, 5) is 9.82. The third-order valence-corrected chi connectivity index (χ3v) is 2.40. The van der Waals surface area contributed by atoms with Crippen molar-refractivity contribution in [2.75, 3.05) is 0 Å². The van der Waals surface area contributed by atoms with E-state index in [4.69, 9.17) is 0 Å². The molecule has 1 rings (SSSR count). The molecule has 1 aromatic rings. The van der Waals surface area contributed by atoms with Gasteiger partial charge in [-0.3, -0.25) is 10.1 Å². The molecule has 0 saturated carbocycles. The Balaban J connectivity index is 2.89. The first-order valence-corrected chi connectivity index (χ1v) is 4.25. The molecule has 64 valence electrons. The van der Waals surface area contributed by atoms with Crippen LogP contribution in [0.5, 0.6) is 0 Å². The first-order chi connectivity index (χ1) is 5.59. The lowest BCUT2D eigenvalue weighted by Crippen LogP contribution is -1.97. The second-order valence-electron chi connectivity index (χ2n) is 2.57. The van der Waals surface area contributed by atoms with E-state index in [9.17, 15) is 10.1 Å². The van der Waals surface area contributed by atoms with Crippen LogP contribution in [0.4, 0.5) is 0 Å². The highest BCUT2D eigenvalue weighted by Gasteiger charge is 2.02. The Bertz CT molecular complexity index is 312. The number of rotatable bonds is 2. The van der Waals surface area contributed by atoms with Crippen molar-refractivity contribution < 1.29 is 4.92 Å². The summed E-state index contributed by atoms with van der Waals surface area (Å²) in [6.07, 6.45) is 0. The van der Waals surface area contributed by atoms with E-state index >= 15 is 0 Å². The highest BCUT2D eigenvalue weighted by Crippen LogP contribution is 2.17. The third kappa shape index (κ3) is 2.30. The third-order valence-electron chi connectivity index (χ3n) is 1.55. The number of aryl methyl sites for hydroxylation is 1. The molecule has 0 unspecified atom stereocenters. The molecule has 0 bridgehead atoms. The molecule has 12 heavy (non-hydrogen) atoms. The van der Waals surface area contributed by atoms with Gasteiger partial charge in [-0.1, -0.05) is 28.1 Å². The molecule has 0 saturated heterocycles. The van der Waals surface area contributed by atoms with Crippen LogP contribution in [-0.4, -0.2) is 4.92 Å². The normalized spacial score (nSPS) is 9.83. The molecule has 0 heterocycles. The minimum atomic E-state index is -0.336. The summed E-state index contributed by atoms with van der Waals surface area (Å²) in [6, 6.07) is 5.41. The molecule has 0 aliphatic carbocycles. The lowest BCUT2D eigenvalue weighted by molar-refractivity contribution is -0.496. The molecule has 0 aliphatic heterocycles. The molecule has 0 aromatic heterocycles. The number of hydrogen-bond acceptors (Lipinski definition) is 2. The van der Waals surface area contributed by atoms with Gasteiger partial charge in [0.25, 0.3) is 0 Å².